The van der Waals surface area contributed by atoms with Crippen LogP contribution in [0.5, 0.6) is 0 Å². The van der Waals surface area contributed by atoms with E-state index in [-0.39, 0.29) is 6.04 Å². The van der Waals surface area contributed by atoms with Crippen LogP contribution in [0.25, 0.3) is 21.5 Å². The van der Waals surface area contributed by atoms with E-state index in [1.807, 2.05) is 0 Å². The molecule has 0 N–H and O–H groups in total. The van der Waals surface area contributed by atoms with Crippen LogP contribution in [0.1, 0.15) is 44.7 Å². The zero-order valence-corrected chi connectivity index (χ0v) is 27.1. The minimum Gasteiger partial charge on any atom is -0.333 e. The Kier molecular flexibility index (Phi) is 7.67. The average molecular weight is 587 g/mol. The molecule has 0 amide bonds. The summed E-state index contributed by atoms with van der Waals surface area (Å²) in [6, 6.07) is 36.4. The molecule has 2 heteroatoms. The van der Waals surface area contributed by atoms with Crippen molar-refractivity contribution in [3.8, 4) is 0 Å². The van der Waals surface area contributed by atoms with Crippen LogP contribution in [-0.4, -0.2) is 6.04 Å². The van der Waals surface area contributed by atoms with E-state index >= 15 is 0 Å². The SMILES string of the molecule is CC1=CCC(N(c2ccc(C)cc2)c2c3ccccc3c(N(C3=CC=C(C)C(C)C3)c3ccc(C)cc3)c3ccccc23)C=C1. The predicted molar refractivity (Wildman–Crippen MR) is 195 cm³/mol. The molecule has 0 aromatic heterocycles. The fourth-order valence-corrected chi connectivity index (χ4v) is 6.91. The van der Waals surface area contributed by atoms with Gasteiger partial charge in [-0.2, -0.15) is 0 Å². The topological polar surface area (TPSA) is 6.48 Å². The molecule has 2 unspecified atom stereocenters. The first-order valence-electron chi connectivity index (χ1n) is 16.3. The smallest absolute Gasteiger partial charge is 0.0616 e. The van der Waals surface area contributed by atoms with Gasteiger partial charge in [0.05, 0.1) is 17.4 Å². The Labute approximate surface area is 268 Å². The summed E-state index contributed by atoms with van der Waals surface area (Å²) in [5.74, 6) is 0.487. The molecule has 5 aromatic rings. The van der Waals surface area contributed by atoms with Crippen molar-refractivity contribution in [1.29, 1.82) is 0 Å². The number of hydrogen-bond donors (Lipinski definition) is 0. The van der Waals surface area contributed by atoms with E-state index < -0.39 is 0 Å². The van der Waals surface area contributed by atoms with Crippen LogP contribution in [0.2, 0.25) is 0 Å². The maximum Gasteiger partial charge on any atom is 0.0616 e. The third-order valence-corrected chi connectivity index (χ3v) is 9.66. The lowest BCUT2D eigenvalue weighted by Crippen LogP contribution is -2.30. The van der Waals surface area contributed by atoms with Gasteiger partial charge in [0.15, 0.2) is 0 Å². The normalized spacial score (nSPS) is 18.0. The van der Waals surface area contributed by atoms with E-state index in [2.05, 4.69) is 172 Å². The average Bonchev–Trinajstić information content (AvgIpc) is 3.06. The van der Waals surface area contributed by atoms with Crippen LogP contribution in [0.15, 0.2) is 144 Å². The van der Waals surface area contributed by atoms with E-state index in [9.17, 15) is 0 Å². The fraction of sp³-hybridized carbons (Fsp3) is 0.209. The van der Waals surface area contributed by atoms with Crippen molar-refractivity contribution in [2.45, 2.75) is 53.5 Å². The third kappa shape index (κ3) is 5.40. The van der Waals surface area contributed by atoms with Gasteiger partial charge in [-0.3, -0.25) is 0 Å². The van der Waals surface area contributed by atoms with Gasteiger partial charge in [-0.25, -0.2) is 0 Å². The lowest BCUT2D eigenvalue weighted by molar-refractivity contribution is 0.654. The maximum atomic E-state index is 2.58. The van der Waals surface area contributed by atoms with Crippen molar-refractivity contribution in [2.75, 3.05) is 9.80 Å². The Balaban J connectivity index is 1.56. The number of hydrogen-bond acceptors (Lipinski definition) is 2. The molecular formula is C43H42N2. The van der Waals surface area contributed by atoms with Gasteiger partial charge in [-0.05, 0) is 76.8 Å². The Hall–Kier alpha value is -4.82. The maximum absolute atomic E-state index is 2.58. The molecule has 0 bridgehead atoms. The van der Waals surface area contributed by atoms with Crippen molar-refractivity contribution in [3.63, 3.8) is 0 Å². The minimum atomic E-state index is 0.206. The van der Waals surface area contributed by atoms with Gasteiger partial charge in [0.25, 0.3) is 0 Å². The molecule has 0 aliphatic heterocycles. The molecule has 7 rings (SSSR count). The Morgan fingerprint density at radius 1 is 0.600 bits per heavy atom. The van der Waals surface area contributed by atoms with Gasteiger partial charge in [-0.1, -0.05) is 126 Å². The monoisotopic (exact) mass is 586 g/mol. The van der Waals surface area contributed by atoms with Crippen LogP contribution in [0.4, 0.5) is 22.7 Å². The highest BCUT2D eigenvalue weighted by molar-refractivity contribution is 6.22. The first kappa shape index (κ1) is 28.9. The fourth-order valence-electron chi connectivity index (χ4n) is 6.91. The van der Waals surface area contributed by atoms with Gasteiger partial charge in [-0.15, -0.1) is 0 Å². The molecular weight excluding hydrogens is 544 g/mol. The summed E-state index contributed by atoms with van der Waals surface area (Å²) < 4.78 is 0. The molecule has 0 saturated carbocycles. The van der Waals surface area contributed by atoms with Crippen molar-refractivity contribution in [2.24, 2.45) is 5.92 Å². The molecule has 2 atom stereocenters. The van der Waals surface area contributed by atoms with Crippen LogP contribution in [-0.2, 0) is 0 Å². The largest absolute Gasteiger partial charge is 0.333 e. The van der Waals surface area contributed by atoms with Gasteiger partial charge in [0.2, 0.25) is 0 Å². The zero-order valence-electron chi connectivity index (χ0n) is 27.1. The summed E-state index contributed by atoms with van der Waals surface area (Å²) in [5.41, 5.74) is 11.6. The standard InChI is InChI=1S/C43H42N2/c1-29-14-21-34(22-15-29)44(35-23-16-30(2)17-24-35)42-38-10-6-8-12-40(38)43(41-13-9-7-11-39(41)42)45(36-25-18-31(3)19-26-36)37-27-20-32(4)33(5)28-37/h6-23,25-27,33,35H,24,28H2,1-5H3. The van der Waals surface area contributed by atoms with Crippen molar-refractivity contribution < 1.29 is 0 Å². The number of benzene rings is 5. The van der Waals surface area contributed by atoms with E-state index in [4.69, 9.17) is 0 Å². The summed E-state index contributed by atoms with van der Waals surface area (Å²) in [6.45, 7) is 11.1. The van der Waals surface area contributed by atoms with Gasteiger partial charge < -0.3 is 9.80 Å². The lowest BCUT2D eigenvalue weighted by atomic mass is 9.90. The minimum absolute atomic E-state index is 0.206. The molecule has 0 radical (unpaired) electrons. The number of allylic oxidation sites excluding steroid dienone is 6. The van der Waals surface area contributed by atoms with Crippen molar-refractivity contribution in [3.05, 3.63) is 155 Å². The molecule has 2 aliphatic rings. The van der Waals surface area contributed by atoms with Crippen LogP contribution in [0, 0.1) is 19.8 Å². The highest BCUT2D eigenvalue weighted by atomic mass is 15.2. The number of anilines is 4. The molecule has 45 heavy (non-hydrogen) atoms. The lowest BCUT2D eigenvalue weighted by Gasteiger charge is -2.37. The Morgan fingerprint density at radius 3 is 1.64 bits per heavy atom. The van der Waals surface area contributed by atoms with Crippen LogP contribution < -0.4 is 9.80 Å². The number of rotatable bonds is 6. The highest BCUT2D eigenvalue weighted by Crippen LogP contribution is 2.50. The molecule has 0 fully saturated rings. The third-order valence-electron chi connectivity index (χ3n) is 9.66. The molecule has 2 nitrogen and oxygen atoms in total. The summed E-state index contributed by atoms with van der Waals surface area (Å²) in [6.07, 6.45) is 13.6. The highest BCUT2D eigenvalue weighted by Gasteiger charge is 2.29. The Bertz CT molecular complexity index is 1950. The van der Waals surface area contributed by atoms with Gasteiger partial charge >= 0.3 is 0 Å². The molecule has 5 aromatic carbocycles. The molecule has 224 valence electrons. The molecule has 2 aliphatic carbocycles. The summed E-state index contributed by atoms with van der Waals surface area (Å²) in [7, 11) is 0. The summed E-state index contributed by atoms with van der Waals surface area (Å²) in [5, 5.41) is 5.05. The molecule has 0 heterocycles. The van der Waals surface area contributed by atoms with Crippen LogP contribution in [0.3, 0.4) is 0 Å². The second-order valence-corrected chi connectivity index (χ2v) is 12.9. The van der Waals surface area contributed by atoms with E-state index in [1.54, 1.807) is 0 Å². The van der Waals surface area contributed by atoms with Crippen molar-refractivity contribution >= 4 is 44.3 Å². The summed E-state index contributed by atoms with van der Waals surface area (Å²) >= 11 is 0. The van der Waals surface area contributed by atoms with Gasteiger partial charge in [0.1, 0.15) is 0 Å². The number of aryl methyl sites for hydroxylation is 2. The van der Waals surface area contributed by atoms with E-state index in [0.717, 1.165) is 12.8 Å². The Morgan fingerprint density at radius 2 is 1.13 bits per heavy atom. The number of nitrogens with zero attached hydrogens (tertiary/aromatic N) is 2. The molecule has 0 saturated heterocycles. The summed E-state index contributed by atoms with van der Waals surface area (Å²) in [4.78, 5) is 5.12. The molecule has 0 spiro atoms. The first-order valence-corrected chi connectivity index (χ1v) is 16.3. The zero-order chi connectivity index (χ0) is 31.1. The number of fused-ring (bicyclic) bond motifs is 2. The second kappa shape index (κ2) is 11.9. The first-order chi connectivity index (χ1) is 21.9. The second-order valence-electron chi connectivity index (χ2n) is 12.9. The van der Waals surface area contributed by atoms with Crippen molar-refractivity contribution in [1.82, 2.24) is 0 Å². The van der Waals surface area contributed by atoms with E-state index in [0.29, 0.717) is 5.92 Å². The van der Waals surface area contributed by atoms with E-state index in [1.165, 1.54) is 72.3 Å². The predicted octanol–water partition coefficient (Wildman–Crippen LogP) is 12.0. The van der Waals surface area contributed by atoms with Gasteiger partial charge in [0, 0.05) is 38.6 Å². The van der Waals surface area contributed by atoms with Crippen LogP contribution >= 0.6 is 0 Å². The quantitative estimate of drug-likeness (QED) is 0.144.